The third kappa shape index (κ3) is 3.54. The van der Waals surface area contributed by atoms with Crippen LogP contribution in [0.25, 0.3) is 0 Å². The number of methoxy groups -OCH3 is 1. The first-order chi connectivity index (χ1) is 12.3. The lowest BCUT2D eigenvalue weighted by atomic mass is 9.86. The summed E-state index contributed by atoms with van der Waals surface area (Å²) in [5.41, 5.74) is 5.27. The van der Waals surface area contributed by atoms with Gasteiger partial charge < -0.3 is 10.1 Å². The Hall–Kier alpha value is -2.33. The van der Waals surface area contributed by atoms with E-state index in [9.17, 15) is 0 Å². The topological polar surface area (TPSA) is 36.9 Å². The van der Waals surface area contributed by atoms with Crippen LogP contribution >= 0.6 is 0 Å². The summed E-state index contributed by atoms with van der Waals surface area (Å²) in [4.78, 5) is 0. The molecular formula is C21H25N3O. The lowest BCUT2D eigenvalue weighted by molar-refractivity contribution is 0.261. The zero-order valence-electron chi connectivity index (χ0n) is 14.7. The van der Waals surface area contributed by atoms with Crippen molar-refractivity contribution in [3.8, 4) is 5.75 Å². The van der Waals surface area contributed by atoms with Gasteiger partial charge in [-0.05, 0) is 49.2 Å². The van der Waals surface area contributed by atoms with E-state index in [1.807, 2.05) is 12.1 Å². The fraction of sp³-hybridized carbons (Fsp3) is 0.381. The third-order valence-electron chi connectivity index (χ3n) is 5.15. The second kappa shape index (κ2) is 7.28. The maximum atomic E-state index is 5.25. The molecule has 0 saturated carbocycles. The molecule has 0 aromatic heterocycles. The summed E-state index contributed by atoms with van der Waals surface area (Å²) in [6, 6.07) is 17.0. The van der Waals surface area contributed by atoms with Crippen LogP contribution in [0.2, 0.25) is 0 Å². The Morgan fingerprint density at radius 3 is 2.60 bits per heavy atom. The Kier molecular flexibility index (Phi) is 4.70. The summed E-state index contributed by atoms with van der Waals surface area (Å²) < 4.78 is 5.25. The van der Waals surface area contributed by atoms with E-state index in [1.54, 1.807) is 7.11 Å². The average molecular weight is 335 g/mol. The van der Waals surface area contributed by atoms with Gasteiger partial charge in [-0.15, -0.1) is 0 Å². The molecule has 4 heteroatoms. The summed E-state index contributed by atoms with van der Waals surface area (Å²) >= 11 is 0. The maximum Gasteiger partial charge on any atom is 0.118 e. The molecule has 4 nitrogen and oxygen atoms in total. The van der Waals surface area contributed by atoms with E-state index in [0.29, 0.717) is 5.92 Å². The minimum absolute atomic E-state index is 0.557. The molecule has 2 aromatic carbocycles. The molecule has 0 unspecified atom stereocenters. The fourth-order valence-corrected chi connectivity index (χ4v) is 3.78. The van der Waals surface area contributed by atoms with Crippen LogP contribution in [0.4, 0.5) is 0 Å². The van der Waals surface area contributed by atoms with Crippen LogP contribution in [-0.2, 0) is 13.1 Å². The second-order valence-electron chi connectivity index (χ2n) is 6.84. The van der Waals surface area contributed by atoms with Crippen LogP contribution in [0.5, 0.6) is 5.75 Å². The number of nitrogens with zero attached hydrogens (tertiary/aromatic N) is 2. The number of hydrogen-bond acceptors (Lipinski definition) is 4. The van der Waals surface area contributed by atoms with Gasteiger partial charge in [-0.3, -0.25) is 5.01 Å². The molecule has 0 aliphatic carbocycles. The first kappa shape index (κ1) is 16.2. The molecule has 2 aliphatic heterocycles. The van der Waals surface area contributed by atoms with Gasteiger partial charge in [-0.1, -0.05) is 36.4 Å². The Morgan fingerprint density at radius 2 is 1.84 bits per heavy atom. The van der Waals surface area contributed by atoms with E-state index in [-0.39, 0.29) is 0 Å². The van der Waals surface area contributed by atoms with Gasteiger partial charge in [0.25, 0.3) is 0 Å². The lowest BCUT2D eigenvalue weighted by Crippen LogP contribution is -2.36. The standard InChI is InChI=1S/C21H25N3O/c1-25-19-8-6-16(7-9-19)14-24-15-18-4-2-3-5-20(18)21(23-24)17-10-12-22-13-11-17/h2-9,17,22H,10-15H2,1H3. The van der Waals surface area contributed by atoms with E-state index < -0.39 is 0 Å². The fourth-order valence-electron chi connectivity index (χ4n) is 3.78. The normalized spacial score (nSPS) is 17.8. The Morgan fingerprint density at radius 1 is 1.08 bits per heavy atom. The predicted octanol–water partition coefficient (Wildman–Crippen LogP) is 3.41. The van der Waals surface area contributed by atoms with Gasteiger partial charge >= 0.3 is 0 Å². The van der Waals surface area contributed by atoms with E-state index in [2.05, 4.69) is 46.7 Å². The monoisotopic (exact) mass is 335 g/mol. The van der Waals surface area contributed by atoms with Crippen LogP contribution in [0, 0.1) is 5.92 Å². The van der Waals surface area contributed by atoms with Gasteiger partial charge in [0.05, 0.1) is 25.9 Å². The third-order valence-corrected chi connectivity index (χ3v) is 5.15. The Labute approximate surface area is 149 Å². The van der Waals surface area contributed by atoms with Crippen molar-refractivity contribution < 1.29 is 4.74 Å². The van der Waals surface area contributed by atoms with Crippen molar-refractivity contribution in [1.82, 2.24) is 10.3 Å². The molecule has 2 heterocycles. The molecule has 1 fully saturated rings. The van der Waals surface area contributed by atoms with E-state index in [4.69, 9.17) is 9.84 Å². The molecule has 25 heavy (non-hydrogen) atoms. The molecule has 2 aromatic rings. The first-order valence-electron chi connectivity index (χ1n) is 9.09. The van der Waals surface area contributed by atoms with Crippen LogP contribution in [0.15, 0.2) is 53.6 Å². The van der Waals surface area contributed by atoms with Crippen molar-refractivity contribution in [2.75, 3.05) is 20.2 Å². The minimum Gasteiger partial charge on any atom is -0.497 e. The molecular weight excluding hydrogens is 310 g/mol. The predicted molar refractivity (Wildman–Crippen MR) is 101 cm³/mol. The molecule has 130 valence electrons. The quantitative estimate of drug-likeness (QED) is 0.930. The van der Waals surface area contributed by atoms with Gasteiger partial charge in [0, 0.05) is 11.5 Å². The molecule has 0 bridgehead atoms. The van der Waals surface area contributed by atoms with Crippen LogP contribution < -0.4 is 10.1 Å². The van der Waals surface area contributed by atoms with Gasteiger partial charge in [0.2, 0.25) is 0 Å². The van der Waals surface area contributed by atoms with Crippen molar-refractivity contribution >= 4 is 5.71 Å². The van der Waals surface area contributed by atoms with Crippen LogP contribution in [0.1, 0.15) is 29.5 Å². The summed E-state index contributed by atoms with van der Waals surface area (Å²) in [6.07, 6.45) is 2.34. The maximum absolute atomic E-state index is 5.25. The highest BCUT2D eigenvalue weighted by atomic mass is 16.5. The largest absolute Gasteiger partial charge is 0.497 e. The van der Waals surface area contributed by atoms with E-state index >= 15 is 0 Å². The Bertz CT molecular complexity index is 748. The van der Waals surface area contributed by atoms with Crippen molar-refractivity contribution in [2.45, 2.75) is 25.9 Å². The number of nitrogens with one attached hydrogen (secondary N) is 1. The molecule has 0 amide bonds. The molecule has 0 atom stereocenters. The molecule has 1 N–H and O–H groups in total. The molecule has 0 spiro atoms. The number of benzene rings is 2. The van der Waals surface area contributed by atoms with Crippen molar-refractivity contribution in [1.29, 1.82) is 0 Å². The number of hydrazone groups is 1. The number of rotatable bonds is 4. The van der Waals surface area contributed by atoms with E-state index in [0.717, 1.165) is 31.9 Å². The number of piperidine rings is 1. The molecule has 4 rings (SSSR count). The van der Waals surface area contributed by atoms with Crippen molar-refractivity contribution in [3.05, 3.63) is 65.2 Å². The van der Waals surface area contributed by atoms with Crippen LogP contribution in [-0.4, -0.2) is 30.9 Å². The van der Waals surface area contributed by atoms with Gasteiger partial charge in [0.15, 0.2) is 0 Å². The zero-order valence-corrected chi connectivity index (χ0v) is 14.7. The number of ether oxygens (including phenoxy) is 1. The Balaban J connectivity index is 1.60. The van der Waals surface area contributed by atoms with Crippen molar-refractivity contribution in [3.63, 3.8) is 0 Å². The molecule has 1 saturated heterocycles. The van der Waals surface area contributed by atoms with Gasteiger partial charge in [0.1, 0.15) is 5.75 Å². The highest BCUT2D eigenvalue weighted by Crippen LogP contribution is 2.28. The highest BCUT2D eigenvalue weighted by molar-refractivity contribution is 6.03. The highest BCUT2D eigenvalue weighted by Gasteiger charge is 2.26. The summed E-state index contributed by atoms with van der Waals surface area (Å²) in [5.74, 6) is 1.45. The number of fused-ring (bicyclic) bond motifs is 1. The summed E-state index contributed by atoms with van der Waals surface area (Å²) in [7, 11) is 1.70. The average Bonchev–Trinajstić information content (AvgIpc) is 2.68. The summed E-state index contributed by atoms with van der Waals surface area (Å²) in [5, 5.41) is 10.7. The molecule has 2 aliphatic rings. The minimum atomic E-state index is 0.557. The van der Waals surface area contributed by atoms with Gasteiger partial charge in [-0.2, -0.15) is 5.10 Å². The van der Waals surface area contributed by atoms with Crippen LogP contribution in [0.3, 0.4) is 0 Å². The van der Waals surface area contributed by atoms with Crippen molar-refractivity contribution in [2.24, 2.45) is 11.0 Å². The zero-order chi connectivity index (χ0) is 17.1. The van der Waals surface area contributed by atoms with E-state index in [1.165, 1.54) is 35.2 Å². The number of hydrogen-bond donors (Lipinski definition) is 1. The smallest absolute Gasteiger partial charge is 0.118 e. The second-order valence-corrected chi connectivity index (χ2v) is 6.84. The SMILES string of the molecule is COc1ccc(CN2Cc3ccccc3C(C3CCNCC3)=N2)cc1. The lowest BCUT2D eigenvalue weighted by Gasteiger charge is -2.32. The van der Waals surface area contributed by atoms with Gasteiger partial charge in [-0.25, -0.2) is 0 Å². The molecule has 0 radical (unpaired) electrons. The first-order valence-corrected chi connectivity index (χ1v) is 9.09. The summed E-state index contributed by atoms with van der Waals surface area (Å²) in [6.45, 7) is 3.87.